The van der Waals surface area contributed by atoms with Crippen molar-refractivity contribution in [3.63, 3.8) is 0 Å². The summed E-state index contributed by atoms with van der Waals surface area (Å²) in [6.07, 6.45) is 0.476. The number of carbonyl (C=O) groups is 1. The number of carbonyl (C=O) groups excluding carboxylic acids is 1. The molecule has 0 spiro atoms. The van der Waals surface area contributed by atoms with Gasteiger partial charge in [-0.25, -0.2) is 9.18 Å². The quantitative estimate of drug-likeness (QED) is 0.851. The van der Waals surface area contributed by atoms with Gasteiger partial charge in [-0.1, -0.05) is 36.4 Å². The molecule has 1 unspecified atom stereocenters. The van der Waals surface area contributed by atoms with Gasteiger partial charge in [-0.3, -0.25) is 0 Å². The maximum Gasteiger partial charge on any atom is 0.328 e. The third-order valence-electron chi connectivity index (χ3n) is 2.93. The minimum Gasteiger partial charge on any atom is -0.467 e. The van der Waals surface area contributed by atoms with Crippen molar-refractivity contribution < 1.29 is 13.9 Å². The van der Waals surface area contributed by atoms with Crippen LogP contribution in [0.15, 0.2) is 54.6 Å². The number of halogens is 1. The summed E-state index contributed by atoms with van der Waals surface area (Å²) >= 11 is 0. The number of methoxy groups -OCH3 is 1. The Morgan fingerprint density at radius 1 is 1.20 bits per heavy atom. The van der Waals surface area contributed by atoms with Gasteiger partial charge in [-0.05, 0) is 23.8 Å². The predicted octanol–water partition coefficient (Wildman–Crippen LogP) is 3.02. The van der Waals surface area contributed by atoms with Crippen molar-refractivity contribution in [3.05, 3.63) is 66.0 Å². The summed E-state index contributed by atoms with van der Waals surface area (Å²) in [5, 5.41) is 3.00. The number of anilines is 1. The smallest absolute Gasteiger partial charge is 0.328 e. The summed E-state index contributed by atoms with van der Waals surface area (Å²) in [6, 6.07) is 15.1. The van der Waals surface area contributed by atoms with Crippen LogP contribution in [0.1, 0.15) is 5.56 Å². The highest BCUT2D eigenvalue weighted by Crippen LogP contribution is 2.14. The second-order valence-corrected chi connectivity index (χ2v) is 4.42. The Morgan fingerprint density at radius 3 is 2.60 bits per heavy atom. The van der Waals surface area contributed by atoms with E-state index in [1.807, 2.05) is 30.3 Å². The summed E-state index contributed by atoms with van der Waals surface area (Å²) < 4.78 is 18.0. The molecular weight excluding hydrogens is 257 g/mol. The van der Waals surface area contributed by atoms with E-state index in [-0.39, 0.29) is 11.8 Å². The van der Waals surface area contributed by atoms with Crippen LogP contribution < -0.4 is 5.32 Å². The third kappa shape index (κ3) is 3.82. The number of nitrogens with one attached hydrogen (secondary N) is 1. The Kier molecular flexibility index (Phi) is 4.71. The molecule has 0 radical (unpaired) electrons. The predicted molar refractivity (Wildman–Crippen MR) is 76.0 cm³/mol. The zero-order valence-corrected chi connectivity index (χ0v) is 11.2. The van der Waals surface area contributed by atoms with Gasteiger partial charge in [0.15, 0.2) is 0 Å². The van der Waals surface area contributed by atoms with E-state index in [1.165, 1.54) is 19.2 Å². The van der Waals surface area contributed by atoms with E-state index in [2.05, 4.69) is 5.32 Å². The molecule has 0 aliphatic carbocycles. The molecule has 0 fully saturated rings. The molecule has 0 saturated heterocycles. The van der Waals surface area contributed by atoms with Crippen LogP contribution >= 0.6 is 0 Å². The molecule has 1 N–H and O–H groups in total. The Balaban J connectivity index is 2.14. The maximum absolute atomic E-state index is 13.2. The Hall–Kier alpha value is -2.36. The van der Waals surface area contributed by atoms with Gasteiger partial charge < -0.3 is 10.1 Å². The van der Waals surface area contributed by atoms with Crippen molar-refractivity contribution in [2.75, 3.05) is 12.4 Å². The fourth-order valence-electron chi connectivity index (χ4n) is 1.96. The van der Waals surface area contributed by atoms with Gasteiger partial charge in [0.05, 0.1) is 7.11 Å². The molecule has 0 amide bonds. The standard InChI is InChI=1S/C16H16FNO2/c1-20-16(19)15(10-12-6-3-2-4-7-12)18-14-9-5-8-13(17)11-14/h2-9,11,15,18H,10H2,1H3. The van der Waals surface area contributed by atoms with E-state index in [4.69, 9.17) is 4.74 Å². The SMILES string of the molecule is COC(=O)C(Cc1ccccc1)Nc1cccc(F)c1. The van der Waals surface area contributed by atoms with Gasteiger partial charge in [-0.15, -0.1) is 0 Å². The molecule has 3 nitrogen and oxygen atoms in total. The van der Waals surface area contributed by atoms with Crippen LogP contribution in [0.5, 0.6) is 0 Å². The monoisotopic (exact) mass is 273 g/mol. The van der Waals surface area contributed by atoms with Crippen LogP contribution in [-0.2, 0) is 16.0 Å². The summed E-state index contributed by atoms with van der Waals surface area (Å²) in [5.41, 5.74) is 1.56. The molecule has 0 aliphatic heterocycles. The first-order chi connectivity index (χ1) is 9.69. The van der Waals surface area contributed by atoms with Gasteiger partial charge in [-0.2, -0.15) is 0 Å². The third-order valence-corrected chi connectivity index (χ3v) is 2.93. The lowest BCUT2D eigenvalue weighted by molar-refractivity contribution is -0.141. The number of hydrogen-bond acceptors (Lipinski definition) is 3. The van der Waals surface area contributed by atoms with Gasteiger partial charge in [0.25, 0.3) is 0 Å². The van der Waals surface area contributed by atoms with Crippen LogP contribution in [0.3, 0.4) is 0 Å². The van der Waals surface area contributed by atoms with Crippen molar-refractivity contribution in [2.45, 2.75) is 12.5 Å². The number of ether oxygens (including phenoxy) is 1. The molecule has 2 aromatic carbocycles. The topological polar surface area (TPSA) is 38.3 Å². The molecule has 0 saturated carbocycles. The van der Waals surface area contributed by atoms with E-state index >= 15 is 0 Å². The highest BCUT2D eigenvalue weighted by molar-refractivity contribution is 5.79. The lowest BCUT2D eigenvalue weighted by Gasteiger charge is -2.17. The molecule has 0 aromatic heterocycles. The van der Waals surface area contributed by atoms with Crippen LogP contribution in [0.25, 0.3) is 0 Å². The number of benzene rings is 2. The second kappa shape index (κ2) is 6.70. The molecule has 4 heteroatoms. The zero-order chi connectivity index (χ0) is 14.4. The van der Waals surface area contributed by atoms with Crippen LogP contribution in [0.2, 0.25) is 0 Å². The van der Waals surface area contributed by atoms with Crippen molar-refractivity contribution in [2.24, 2.45) is 0 Å². The number of rotatable bonds is 5. The van der Waals surface area contributed by atoms with Crippen molar-refractivity contribution in [3.8, 4) is 0 Å². The summed E-state index contributed by atoms with van der Waals surface area (Å²) in [4.78, 5) is 11.8. The second-order valence-electron chi connectivity index (χ2n) is 4.42. The lowest BCUT2D eigenvalue weighted by Crippen LogP contribution is -2.32. The minimum absolute atomic E-state index is 0.349. The Morgan fingerprint density at radius 2 is 1.95 bits per heavy atom. The van der Waals surface area contributed by atoms with E-state index < -0.39 is 6.04 Å². The van der Waals surface area contributed by atoms with Crippen molar-refractivity contribution >= 4 is 11.7 Å². The van der Waals surface area contributed by atoms with Gasteiger partial charge in [0.1, 0.15) is 11.9 Å². The number of hydrogen-bond donors (Lipinski definition) is 1. The van der Waals surface area contributed by atoms with Crippen LogP contribution in [0.4, 0.5) is 10.1 Å². The highest BCUT2D eigenvalue weighted by Gasteiger charge is 2.19. The first-order valence-electron chi connectivity index (χ1n) is 6.33. The normalized spacial score (nSPS) is 11.7. The van der Waals surface area contributed by atoms with Gasteiger partial charge in [0, 0.05) is 12.1 Å². The van der Waals surface area contributed by atoms with Crippen molar-refractivity contribution in [1.82, 2.24) is 0 Å². The lowest BCUT2D eigenvalue weighted by atomic mass is 10.1. The van der Waals surface area contributed by atoms with E-state index in [0.29, 0.717) is 12.1 Å². The molecule has 0 bridgehead atoms. The Bertz CT molecular complexity index is 572. The van der Waals surface area contributed by atoms with Crippen LogP contribution in [0, 0.1) is 5.82 Å². The number of esters is 1. The first kappa shape index (κ1) is 14.1. The molecule has 1 atom stereocenters. The molecular formula is C16H16FNO2. The largest absolute Gasteiger partial charge is 0.467 e. The highest BCUT2D eigenvalue weighted by atomic mass is 19.1. The molecule has 20 heavy (non-hydrogen) atoms. The van der Waals surface area contributed by atoms with Gasteiger partial charge >= 0.3 is 5.97 Å². The van der Waals surface area contributed by atoms with Gasteiger partial charge in [0.2, 0.25) is 0 Å². The average Bonchev–Trinajstić information content (AvgIpc) is 2.47. The van der Waals surface area contributed by atoms with E-state index in [1.54, 1.807) is 12.1 Å². The molecule has 0 heterocycles. The molecule has 2 rings (SSSR count). The molecule has 2 aromatic rings. The fraction of sp³-hybridized carbons (Fsp3) is 0.188. The van der Waals surface area contributed by atoms with E-state index in [0.717, 1.165) is 5.56 Å². The average molecular weight is 273 g/mol. The van der Waals surface area contributed by atoms with Crippen molar-refractivity contribution in [1.29, 1.82) is 0 Å². The molecule has 104 valence electrons. The first-order valence-corrected chi connectivity index (χ1v) is 6.33. The molecule has 0 aliphatic rings. The fourth-order valence-corrected chi connectivity index (χ4v) is 1.96. The maximum atomic E-state index is 13.2. The summed E-state index contributed by atoms with van der Waals surface area (Å²) in [5.74, 6) is -0.726. The van der Waals surface area contributed by atoms with E-state index in [9.17, 15) is 9.18 Å². The van der Waals surface area contributed by atoms with Crippen LogP contribution in [-0.4, -0.2) is 19.1 Å². The zero-order valence-electron chi connectivity index (χ0n) is 11.2. The summed E-state index contributed by atoms with van der Waals surface area (Å²) in [6.45, 7) is 0. The Labute approximate surface area is 117 Å². The summed E-state index contributed by atoms with van der Waals surface area (Å²) in [7, 11) is 1.34. The minimum atomic E-state index is -0.552.